The van der Waals surface area contributed by atoms with Crippen molar-refractivity contribution in [3.8, 4) is 23.0 Å². The summed E-state index contributed by atoms with van der Waals surface area (Å²) >= 11 is 7.06. The van der Waals surface area contributed by atoms with Gasteiger partial charge in [0.05, 0.1) is 36.4 Å². The van der Waals surface area contributed by atoms with Gasteiger partial charge in [-0.05, 0) is 106 Å². The summed E-state index contributed by atoms with van der Waals surface area (Å²) in [6.07, 6.45) is 5.22. The van der Waals surface area contributed by atoms with Gasteiger partial charge in [0.25, 0.3) is 0 Å². The SMILES string of the molecule is CCOc1cc(/C=C2\CC/C(=C\c3cc(Br)c(OC)c(OCC)c3)C2=O)cc(Br)c1OC. The van der Waals surface area contributed by atoms with Gasteiger partial charge in [-0.3, -0.25) is 4.79 Å². The molecule has 0 bridgehead atoms. The first-order chi connectivity index (χ1) is 15.4. The summed E-state index contributed by atoms with van der Waals surface area (Å²) in [6, 6.07) is 7.64. The third-order valence-corrected chi connectivity index (χ3v) is 6.18. The molecule has 7 heteroatoms. The molecule has 0 N–H and O–H groups in total. The van der Waals surface area contributed by atoms with E-state index in [2.05, 4.69) is 31.9 Å². The first-order valence-corrected chi connectivity index (χ1v) is 12.0. The quantitative estimate of drug-likeness (QED) is 0.327. The van der Waals surface area contributed by atoms with Crippen LogP contribution in [0.1, 0.15) is 37.8 Å². The number of ether oxygens (including phenoxy) is 4. The maximum absolute atomic E-state index is 13.1. The minimum absolute atomic E-state index is 0.0554. The van der Waals surface area contributed by atoms with Crippen molar-refractivity contribution in [2.24, 2.45) is 0 Å². The fourth-order valence-electron chi connectivity index (χ4n) is 3.65. The van der Waals surface area contributed by atoms with Crippen LogP contribution in [0.25, 0.3) is 12.2 Å². The highest BCUT2D eigenvalue weighted by molar-refractivity contribution is 9.11. The van der Waals surface area contributed by atoms with Crippen molar-refractivity contribution in [1.82, 2.24) is 0 Å². The summed E-state index contributed by atoms with van der Waals surface area (Å²) in [7, 11) is 3.21. The molecule has 0 saturated heterocycles. The van der Waals surface area contributed by atoms with Gasteiger partial charge in [-0.1, -0.05) is 0 Å². The molecule has 0 aromatic heterocycles. The highest BCUT2D eigenvalue weighted by Gasteiger charge is 2.24. The number of carbonyl (C=O) groups excluding carboxylic acids is 1. The zero-order valence-electron chi connectivity index (χ0n) is 18.6. The molecule has 1 fully saturated rings. The molecule has 1 saturated carbocycles. The van der Waals surface area contributed by atoms with Gasteiger partial charge in [-0.25, -0.2) is 0 Å². The fraction of sp³-hybridized carbons (Fsp3) is 0.320. The largest absolute Gasteiger partial charge is 0.492 e. The van der Waals surface area contributed by atoms with Crippen LogP contribution in [0, 0.1) is 0 Å². The van der Waals surface area contributed by atoms with Crippen LogP contribution in [0.3, 0.4) is 0 Å². The molecule has 170 valence electrons. The first-order valence-electron chi connectivity index (χ1n) is 10.4. The molecule has 0 amide bonds. The van der Waals surface area contributed by atoms with Crippen LogP contribution in [0.4, 0.5) is 0 Å². The van der Waals surface area contributed by atoms with E-state index in [0.717, 1.165) is 31.2 Å². The number of Topliss-reactive ketones (excluding diaryl/α,β-unsaturated/α-hetero) is 1. The standard InChI is InChI=1S/C25H26Br2O5/c1-5-31-21-13-15(11-19(26)24(21)29-3)9-17-7-8-18(23(17)28)10-16-12-20(27)25(30-4)22(14-16)32-6-2/h9-14H,5-8H2,1-4H3/b17-9+,18-10+. The van der Waals surface area contributed by atoms with E-state index in [4.69, 9.17) is 18.9 Å². The molecule has 1 aliphatic carbocycles. The van der Waals surface area contributed by atoms with E-state index in [1.807, 2.05) is 50.3 Å². The van der Waals surface area contributed by atoms with E-state index in [1.54, 1.807) is 14.2 Å². The average Bonchev–Trinajstić information content (AvgIpc) is 3.07. The Morgan fingerprint density at radius 1 is 0.781 bits per heavy atom. The maximum atomic E-state index is 13.1. The number of hydrogen-bond acceptors (Lipinski definition) is 5. The molecule has 0 aliphatic heterocycles. The molecule has 0 spiro atoms. The average molecular weight is 566 g/mol. The number of halogens is 2. The van der Waals surface area contributed by atoms with Gasteiger partial charge in [0.1, 0.15) is 0 Å². The molecule has 3 rings (SSSR count). The second kappa shape index (κ2) is 11.1. The Kier molecular flexibility index (Phi) is 8.43. The Morgan fingerprint density at radius 3 is 1.53 bits per heavy atom. The highest BCUT2D eigenvalue weighted by Crippen LogP contribution is 2.40. The van der Waals surface area contributed by atoms with Crippen molar-refractivity contribution >= 4 is 49.8 Å². The van der Waals surface area contributed by atoms with E-state index in [1.165, 1.54) is 0 Å². The predicted octanol–water partition coefficient (Wildman–Crippen LogP) is 6.86. The zero-order valence-corrected chi connectivity index (χ0v) is 21.8. The smallest absolute Gasteiger partial charge is 0.185 e. The third kappa shape index (κ3) is 5.38. The lowest BCUT2D eigenvalue weighted by Crippen LogP contribution is -1.99. The van der Waals surface area contributed by atoms with Gasteiger partial charge < -0.3 is 18.9 Å². The minimum atomic E-state index is 0.0554. The van der Waals surface area contributed by atoms with E-state index in [-0.39, 0.29) is 5.78 Å². The topological polar surface area (TPSA) is 54.0 Å². The first kappa shape index (κ1) is 24.4. The highest BCUT2D eigenvalue weighted by atomic mass is 79.9. The number of rotatable bonds is 8. The molecule has 0 atom stereocenters. The van der Waals surface area contributed by atoms with Crippen LogP contribution in [0.5, 0.6) is 23.0 Å². The van der Waals surface area contributed by atoms with Crippen molar-refractivity contribution < 1.29 is 23.7 Å². The van der Waals surface area contributed by atoms with Crippen molar-refractivity contribution in [3.05, 3.63) is 55.5 Å². The molecule has 5 nitrogen and oxygen atoms in total. The normalized spacial score (nSPS) is 16.0. The number of carbonyl (C=O) groups is 1. The molecule has 2 aromatic rings. The fourth-order valence-corrected chi connectivity index (χ4v) is 4.89. The van der Waals surface area contributed by atoms with Crippen molar-refractivity contribution in [2.45, 2.75) is 26.7 Å². The molecular formula is C25H26Br2O5. The number of ketones is 1. The van der Waals surface area contributed by atoms with E-state index < -0.39 is 0 Å². The molecule has 0 unspecified atom stereocenters. The summed E-state index contributed by atoms with van der Waals surface area (Å²) in [5.41, 5.74) is 3.31. The van der Waals surface area contributed by atoms with Crippen LogP contribution in [0.15, 0.2) is 44.4 Å². The Morgan fingerprint density at radius 2 is 1.19 bits per heavy atom. The van der Waals surface area contributed by atoms with Crippen LogP contribution in [0.2, 0.25) is 0 Å². The van der Waals surface area contributed by atoms with Gasteiger partial charge >= 0.3 is 0 Å². The van der Waals surface area contributed by atoms with E-state index >= 15 is 0 Å². The van der Waals surface area contributed by atoms with Crippen molar-refractivity contribution in [1.29, 1.82) is 0 Å². The number of hydrogen-bond donors (Lipinski definition) is 0. The second-order valence-electron chi connectivity index (χ2n) is 7.10. The van der Waals surface area contributed by atoms with Crippen LogP contribution in [-0.2, 0) is 4.79 Å². The van der Waals surface area contributed by atoms with Crippen LogP contribution in [-0.4, -0.2) is 33.2 Å². The maximum Gasteiger partial charge on any atom is 0.185 e. The summed E-state index contributed by atoms with van der Waals surface area (Å²) in [5.74, 6) is 2.62. The lowest BCUT2D eigenvalue weighted by molar-refractivity contribution is -0.111. The lowest BCUT2D eigenvalue weighted by atomic mass is 10.1. The van der Waals surface area contributed by atoms with Gasteiger partial charge in [0, 0.05) is 11.1 Å². The lowest BCUT2D eigenvalue weighted by Gasteiger charge is -2.12. The number of allylic oxidation sites excluding steroid dienone is 2. The Labute approximate surface area is 205 Å². The van der Waals surface area contributed by atoms with Gasteiger partial charge in [-0.15, -0.1) is 0 Å². The number of methoxy groups -OCH3 is 2. The molecular weight excluding hydrogens is 540 g/mol. The second-order valence-corrected chi connectivity index (χ2v) is 8.81. The third-order valence-electron chi connectivity index (χ3n) is 5.00. The predicted molar refractivity (Wildman–Crippen MR) is 134 cm³/mol. The van der Waals surface area contributed by atoms with Crippen molar-refractivity contribution in [3.63, 3.8) is 0 Å². The summed E-state index contributed by atoms with van der Waals surface area (Å²) in [6.45, 7) is 4.89. The molecule has 32 heavy (non-hydrogen) atoms. The Bertz CT molecular complexity index is 989. The van der Waals surface area contributed by atoms with E-state index in [9.17, 15) is 4.79 Å². The molecule has 2 aromatic carbocycles. The van der Waals surface area contributed by atoms with Crippen LogP contribution >= 0.6 is 31.9 Å². The Balaban J connectivity index is 1.91. The summed E-state index contributed by atoms with van der Waals surface area (Å²) < 4.78 is 23.8. The number of benzene rings is 2. The minimum Gasteiger partial charge on any atom is -0.492 e. The van der Waals surface area contributed by atoms with Crippen molar-refractivity contribution in [2.75, 3.05) is 27.4 Å². The molecule has 1 aliphatic rings. The molecule has 0 heterocycles. The zero-order chi connectivity index (χ0) is 23.3. The van der Waals surface area contributed by atoms with Gasteiger partial charge in [0.15, 0.2) is 28.8 Å². The monoisotopic (exact) mass is 564 g/mol. The van der Waals surface area contributed by atoms with Gasteiger partial charge in [-0.2, -0.15) is 0 Å². The van der Waals surface area contributed by atoms with E-state index in [0.29, 0.717) is 49.1 Å². The van der Waals surface area contributed by atoms with Gasteiger partial charge in [0.2, 0.25) is 0 Å². The molecule has 0 radical (unpaired) electrons. The van der Waals surface area contributed by atoms with Crippen LogP contribution < -0.4 is 18.9 Å². The summed E-state index contributed by atoms with van der Waals surface area (Å²) in [5, 5.41) is 0. The Hall–Kier alpha value is -2.25. The summed E-state index contributed by atoms with van der Waals surface area (Å²) in [4.78, 5) is 13.1.